The maximum Gasteiger partial charge on any atom is 0.261 e. The zero-order valence-corrected chi connectivity index (χ0v) is 7.89. The number of hydrogen-bond acceptors (Lipinski definition) is 2. The monoisotopic (exact) mass is 190 g/mol. The molecule has 0 aromatic heterocycles. The van der Waals surface area contributed by atoms with E-state index in [9.17, 15) is 8.78 Å². The molecule has 13 heavy (non-hydrogen) atoms. The Kier molecular flexibility index (Phi) is 2.28. The second-order valence-electron chi connectivity index (χ2n) is 4.28. The van der Waals surface area contributed by atoms with Crippen molar-refractivity contribution in [1.82, 2.24) is 10.2 Å². The van der Waals surface area contributed by atoms with Gasteiger partial charge in [-0.05, 0) is 12.5 Å². The molecule has 0 spiro atoms. The van der Waals surface area contributed by atoms with Crippen molar-refractivity contribution in [2.75, 3.05) is 26.2 Å². The largest absolute Gasteiger partial charge is 0.315 e. The lowest BCUT2D eigenvalue weighted by Crippen LogP contribution is -2.39. The summed E-state index contributed by atoms with van der Waals surface area (Å²) in [5.41, 5.74) is 0. The number of rotatable bonds is 1. The summed E-state index contributed by atoms with van der Waals surface area (Å²) in [6, 6.07) is 0.327. The highest BCUT2D eigenvalue weighted by atomic mass is 19.3. The van der Waals surface area contributed by atoms with Crippen LogP contribution in [0.15, 0.2) is 0 Å². The summed E-state index contributed by atoms with van der Waals surface area (Å²) in [7, 11) is 0. The summed E-state index contributed by atoms with van der Waals surface area (Å²) in [6.45, 7) is 4.48. The fraction of sp³-hybridized carbons (Fsp3) is 1.00. The lowest BCUT2D eigenvalue weighted by molar-refractivity contribution is 0.00677. The number of alkyl halides is 2. The van der Waals surface area contributed by atoms with Gasteiger partial charge in [0.15, 0.2) is 0 Å². The van der Waals surface area contributed by atoms with Crippen LogP contribution >= 0.6 is 0 Å². The molecule has 76 valence electrons. The van der Waals surface area contributed by atoms with Crippen molar-refractivity contribution in [2.24, 2.45) is 5.92 Å². The van der Waals surface area contributed by atoms with Crippen LogP contribution in [-0.2, 0) is 0 Å². The zero-order valence-electron chi connectivity index (χ0n) is 7.89. The van der Waals surface area contributed by atoms with Gasteiger partial charge in [-0.1, -0.05) is 6.92 Å². The summed E-state index contributed by atoms with van der Waals surface area (Å²) in [4.78, 5) is 1.94. The molecule has 2 fully saturated rings. The van der Waals surface area contributed by atoms with Crippen LogP contribution in [0.25, 0.3) is 0 Å². The average molecular weight is 190 g/mol. The van der Waals surface area contributed by atoms with E-state index in [1.54, 1.807) is 0 Å². The van der Waals surface area contributed by atoms with Gasteiger partial charge in [-0.15, -0.1) is 0 Å². The number of likely N-dealkylation sites (tertiary alicyclic amines) is 1. The Hall–Kier alpha value is -0.220. The first-order valence-electron chi connectivity index (χ1n) is 4.91. The second kappa shape index (κ2) is 3.17. The first-order valence-corrected chi connectivity index (χ1v) is 4.91. The Morgan fingerprint density at radius 3 is 2.62 bits per heavy atom. The minimum absolute atomic E-state index is 0.0379. The third-order valence-corrected chi connectivity index (χ3v) is 3.14. The molecule has 0 bridgehead atoms. The molecule has 0 radical (unpaired) electrons. The van der Waals surface area contributed by atoms with Crippen LogP contribution < -0.4 is 5.32 Å². The van der Waals surface area contributed by atoms with Crippen molar-refractivity contribution in [3.8, 4) is 0 Å². The Labute approximate surface area is 77.3 Å². The van der Waals surface area contributed by atoms with E-state index in [1.807, 2.05) is 4.90 Å². The summed E-state index contributed by atoms with van der Waals surface area (Å²) in [5.74, 6) is -1.93. The molecule has 2 unspecified atom stereocenters. The van der Waals surface area contributed by atoms with Gasteiger partial charge in [0.05, 0.1) is 6.54 Å². The van der Waals surface area contributed by atoms with E-state index in [2.05, 4.69) is 12.2 Å². The lowest BCUT2D eigenvalue weighted by Gasteiger charge is -2.26. The minimum Gasteiger partial charge on any atom is -0.315 e. The standard InChI is InChI=1S/C9H16F2N2/c1-7-4-12-5-8(7)13-3-2-9(10,11)6-13/h7-8,12H,2-6H2,1H3. The van der Waals surface area contributed by atoms with E-state index >= 15 is 0 Å². The molecule has 4 heteroatoms. The van der Waals surface area contributed by atoms with Crippen LogP contribution in [0.2, 0.25) is 0 Å². The van der Waals surface area contributed by atoms with Gasteiger partial charge in [-0.2, -0.15) is 0 Å². The Morgan fingerprint density at radius 1 is 1.38 bits per heavy atom. The van der Waals surface area contributed by atoms with E-state index in [-0.39, 0.29) is 13.0 Å². The summed E-state index contributed by atoms with van der Waals surface area (Å²) < 4.78 is 25.8. The van der Waals surface area contributed by atoms with Gasteiger partial charge in [0, 0.05) is 25.6 Å². The maximum atomic E-state index is 12.9. The molecule has 0 saturated carbocycles. The molecule has 0 aromatic carbocycles. The van der Waals surface area contributed by atoms with E-state index in [0.29, 0.717) is 18.5 Å². The fourth-order valence-electron chi connectivity index (χ4n) is 2.33. The molecule has 2 atom stereocenters. The van der Waals surface area contributed by atoms with Crippen LogP contribution in [-0.4, -0.2) is 43.0 Å². The molecule has 0 aromatic rings. The van der Waals surface area contributed by atoms with Gasteiger partial charge in [-0.3, -0.25) is 4.90 Å². The zero-order chi connectivity index (χ0) is 9.47. The molecular weight excluding hydrogens is 174 g/mol. The SMILES string of the molecule is CC1CNCC1N1CCC(F)(F)C1. The number of hydrogen-bond donors (Lipinski definition) is 1. The average Bonchev–Trinajstić information content (AvgIpc) is 2.56. The van der Waals surface area contributed by atoms with Crippen LogP contribution in [0.5, 0.6) is 0 Å². The van der Waals surface area contributed by atoms with E-state index in [4.69, 9.17) is 0 Å². The Balaban J connectivity index is 1.95. The van der Waals surface area contributed by atoms with Crippen LogP contribution in [0.3, 0.4) is 0 Å². The van der Waals surface area contributed by atoms with E-state index in [0.717, 1.165) is 13.1 Å². The molecule has 2 rings (SSSR count). The first kappa shape index (κ1) is 9.34. The van der Waals surface area contributed by atoms with Gasteiger partial charge in [-0.25, -0.2) is 8.78 Å². The maximum absolute atomic E-state index is 12.9. The van der Waals surface area contributed by atoms with Gasteiger partial charge in [0.1, 0.15) is 0 Å². The number of halogens is 2. The topological polar surface area (TPSA) is 15.3 Å². The minimum atomic E-state index is -2.44. The third-order valence-electron chi connectivity index (χ3n) is 3.14. The molecule has 2 heterocycles. The van der Waals surface area contributed by atoms with E-state index < -0.39 is 5.92 Å². The third kappa shape index (κ3) is 1.83. The predicted molar refractivity (Wildman–Crippen MR) is 47.0 cm³/mol. The van der Waals surface area contributed by atoms with Crippen LogP contribution in [0.4, 0.5) is 8.78 Å². The molecule has 2 aliphatic heterocycles. The number of nitrogens with one attached hydrogen (secondary N) is 1. The fourth-order valence-corrected chi connectivity index (χ4v) is 2.33. The normalized spacial score (nSPS) is 39.9. The molecule has 2 aliphatic rings. The van der Waals surface area contributed by atoms with Crippen molar-refractivity contribution in [1.29, 1.82) is 0 Å². The summed E-state index contributed by atoms with van der Waals surface area (Å²) in [6.07, 6.45) is 0.0379. The predicted octanol–water partition coefficient (Wildman–Crippen LogP) is 0.935. The highest BCUT2D eigenvalue weighted by Gasteiger charge is 2.42. The molecule has 2 saturated heterocycles. The van der Waals surface area contributed by atoms with Gasteiger partial charge < -0.3 is 5.32 Å². The van der Waals surface area contributed by atoms with Crippen molar-refractivity contribution >= 4 is 0 Å². The van der Waals surface area contributed by atoms with Crippen molar-refractivity contribution in [3.05, 3.63) is 0 Å². The second-order valence-corrected chi connectivity index (χ2v) is 4.28. The Bertz CT molecular complexity index is 196. The lowest BCUT2D eigenvalue weighted by atomic mass is 10.1. The van der Waals surface area contributed by atoms with E-state index in [1.165, 1.54) is 0 Å². The molecule has 0 aliphatic carbocycles. The van der Waals surface area contributed by atoms with Crippen molar-refractivity contribution in [2.45, 2.75) is 25.3 Å². The van der Waals surface area contributed by atoms with Gasteiger partial charge in [0.2, 0.25) is 0 Å². The summed E-state index contributed by atoms with van der Waals surface area (Å²) >= 11 is 0. The van der Waals surface area contributed by atoms with Gasteiger partial charge in [0.25, 0.3) is 5.92 Å². The highest BCUT2D eigenvalue weighted by Crippen LogP contribution is 2.30. The molecule has 2 nitrogen and oxygen atoms in total. The molecule has 1 N–H and O–H groups in total. The first-order chi connectivity index (χ1) is 6.08. The summed E-state index contributed by atoms with van der Waals surface area (Å²) in [5, 5.41) is 3.24. The van der Waals surface area contributed by atoms with Gasteiger partial charge >= 0.3 is 0 Å². The van der Waals surface area contributed by atoms with Crippen molar-refractivity contribution < 1.29 is 8.78 Å². The molecular formula is C9H16F2N2. The smallest absolute Gasteiger partial charge is 0.261 e. The van der Waals surface area contributed by atoms with Crippen molar-refractivity contribution in [3.63, 3.8) is 0 Å². The Morgan fingerprint density at radius 2 is 2.15 bits per heavy atom. The van der Waals surface area contributed by atoms with Crippen LogP contribution in [0, 0.1) is 5.92 Å². The number of nitrogens with zero attached hydrogens (tertiary/aromatic N) is 1. The quantitative estimate of drug-likeness (QED) is 0.662. The molecule has 0 amide bonds. The highest BCUT2D eigenvalue weighted by molar-refractivity contribution is 4.92. The van der Waals surface area contributed by atoms with Crippen LogP contribution in [0.1, 0.15) is 13.3 Å².